The number of nitrogens with zero attached hydrogens (tertiary/aromatic N) is 1. The Morgan fingerprint density at radius 2 is 2.26 bits per heavy atom. The van der Waals surface area contributed by atoms with Crippen molar-refractivity contribution in [2.45, 2.75) is 37.8 Å². The zero-order valence-electron chi connectivity index (χ0n) is 13.6. The SMILES string of the molecule is Cc1ccc2nc(SCC(=O)NC[C@H]3CCCO3)c(C)cc2c1. The summed E-state index contributed by atoms with van der Waals surface area (Å²) in [6.45, 7) is 5.55. The van der Waals surface area contributed by atoms with Gasteiger partial charge >= 0.3 is 0 Å². The lowest BCUT2D eigenvalue weighted by Crippen LogP contribution is -2.32. The highest BCUT2D eigenvalue weighted by atomic mass is 32.2. The molecule has 4 nitrogen and oxygen atoms in total. The van der Waals surface area contributed by atoms with Crippen molar-refractivity contribution in [3.63, 3.8) is 0 Å². The Bertz CT molecular complexity index is 711. The molecule has 1 saturated heterocycles. The van der Waals surface area contributed by atoms with Gasteiger partial charge in [-0.2, -0.15) is 0 Å². The molecule has 3 rings (SSSR count). The molecule has 1 aliphatic rings. The summed E-state index contributed by atoms with van der Waals surface area (Å²) in [5.41, 5.74) is 3.32. The minimum atomic E-state index is 0.0377. The van der Waals surface area contributed by atoms with Crippen molar-refractivity contribution >= 4 is 28.6 Å². The molecule has 1 amide bonds. The molecule has 1 N–H and O–H groups in total. The molecule has 2 heterocycles. The van der Waals surface area contributed by atoms with Gasteiger partial charge in [-0.05, 0) is 50.5 Å². The Morgan fingerprint density at radius 3 is 3.04 bits per heavy atom. The van der Waals surface area contributed by atoms with Crippen molar-refractivity contribution in [2.24, 2.45) is 0 Å². The van der Waals surface area contributed by atoms with Crippen molar-refractivity contribution in [1.29, 1.82) is 0 Å². The van der Waals surface area contributed by atoms with Gasteiger partial charge in [-0.15, -0.1) is 0 Å². The lowest BCUT2D eigenvalue weighted by molar-refractivity contribution is -0.119. The third-order valence-electron chi connectivity index (χ3n) is 4.01. The van der Waals surface area contributed by atoms with Crippen LogP contribution in [0.1, 0.15) is 24.0 Å². The second-order valence-electron chi connectivity index (χ2n) is 6.03. The van der Waals surface area contributed by atoms with Gasteiger partial charge in [0.2, 0.25) is 5.91 Å². The molecule has 0 radical (unpaired) electrons. The summed E-state index contributed by atoms with van der Waals surface area (Å²) < 4.78 is 5.51. The molecule has 122 valence electrons. The molecule has 1 aromatic carbocycles. The van der Waals surface area contributed by atoms with E-state index in [1.807, 2.05) is 13.0 Å². The first kappa shape index (κ1) is 16.3. The molecule has 0 spiro atoms. The van der Waals surface area contributed by atoms with E-state index >= 15 is 0 Å². The monoisotopic (exact) mass is 330 g/mol. The number of aryl methyl sites for hydroxylation is 2. The predicted octanol–water partition coefficient (Wildman–Crippen LogP) is 3.24. The number of hydrogen-bond donors (Lipinski definition) is 1. The van der Waals surface area contributed by atoms with E-state index in [-0.39, 0.29) is 12.0 Å². The van der Waals surface area contributed by atoms with Crippen molar-refractivity contribution < 1.29 is 9.53 Å². The first-order valence-corrected chi connectivity index (χ1v) is 8.99. The Labute approximate surface area is 141 Å². The predicted molar refractivity (Wildman–Crippen MR) is 93.9 cm³/mol. The average molecular weight is 330 g/mol. The maximum absolute atomic E-state index is 12.0. The lowest BCUT2D eigenvalue weighted by Gasteiger charge is -2.11. The van der Waals surface area contributed by atoms with Crippen LogP contribution in [-0.2, 0) is 9.53 Å². The first-order chi connectivity index (χ1) is 11.1. The van der Waals surface area contributed by atoms with Crippen LogP contribution in [0.4, 0.5) is 0 Å². The second-order valence-corrected chi connectivity index (χ2v) is 7.00. The van der Waals surface area contributed by atoms with E-state index in [4.69, 9.17) is 4.74 Å². The summed E-state index contributed by atoms with van der Waals surface area (Å²) >= 11 is 1.49. The van der Waals surface area contributed by atoms with Gasteiger partial charge in [0, 0.05) is 18.5 Å². The average Bonchev–Trinajstić information content (AvgIpc) is 3.04. The van der Waals surface area contributed by atoms with Crippen LogP contribution in [0.5, 0.6) is 0 Å². The largest absolute Gasteiger partial charge is 0.376 e. The zero-order valence-corrected chi connectivity index (χ0v) is 14.4. The van der Waals surface area contributed by atoms with Crippen LogP contribution in [-0.4, -0.2) is 35.9 Å². The molecule has 0 bridgehead atoms. The van der Waals surface area contributed by atoms with E-state index in [1.165, 1.54) is 17.3 Å². The third kappa shape index (κ3) is 4.24. The van der Waals surface area contributed by atoms with Crippen molar-refractivity contribution in [3.8, 4) is 0 Å². The van der Waals surface area contributed by atoms with E-state index in [2.05, 4.69) is 35.4 Å². The van der Waals surface area contributed by atoms with E-state index in [0.717, 1.165) is 40.9 Å². The molecular formula is C18H22N2O2S. The first-order valence-electron chi connectivity index (χ1n) is 8.01. The molecule has 1 aromatic heterocycles. The van der Waals surface area contributed by atoms with Gasteiger partial charge in [-0.1, -0.05) is 23.4 Å². The van der Waals surface area contributed by atoms with E-state index in [0.29, 0.717) is 12.3 Å². The number of benzene rings is 1. The number of hydrogen-bond acceptors (Lipinski definition) is 4. The Kier molecular flexibility index (Phi) is 5.18. The number of rotatable bonds is 5. The summed E-state index contributed by atoms with van der Waals surface area (Å²) in [6, 6.07) is 8.37. The molecule has 5 heteroatoms. The quantitative estimate of drug-likeness (QED) is 0.855. The number of pyridine rings is 1. The normalized spacial score (nSPS) is 17.6. The van der Waals surface area contributed by atoms with Crippen LogP contribution < -0.4 is 5.32 Å². The highest BCUT2D eigenvalue weighted by molar-refractivity contribution is 7.99. The number of ether oxygens (including phenoxy) is 1. The van der Waals surface area contributed by atoms with Crippen molar-refractivity contribution in [3.05, 3.63) is 35.4 Å². The molecular weight excluding hydrogens is 308 g/mol. The van der Waals surface area contributed by atoms with Crippen molar-refractivity contribution in [2.75, 3.05) is 18.9 Å². The highest BCUT2D eigenvalue weighted by Gasteiger charge is 2.16. The number of thioether (sulfide) groups is 1. The molecule has 2 aromatic rings. The fourth-order valence-corrected chi connectivity index (χ4v) is 3.57. The molecule has 0 saturated carbocycles. The summed E-state index contributed by atoms with van der Waals surface area (Å²) in [5.74, 6) is 0.425. The Balaban J connectivity index is 1.58. The molecule has 1 aliphatic heterocycles. The molecule has 0 aliphatic carbocycles. The summed E-state index contributed by atoms with van der Waals surface area (Å²) in [6.07, 6.45) is 2.32. The highest BCUT2D eigenvalue weighted by Crippen LogP contribution is 2.25. The third-order valence-corrected chi connectivity index (χ3v) is 5.10. The minimum absolute atomic E-state index is 0.0377. The molecule has 23 heavy (non-hydrogen) atoms. The lowest BCUT2D eigenvalue weighted by atomic mass is 10.1. The fourth-order valence-electron chi connectivity index (χ4n) is 2.75. The van der Waals surface area contributed by atoms with Gasteiger partial charge in [0.05, 0.1) is 17.4 Å². The van der Waals surface area contributed by atoms with E-state index in [1.54, 1.807) is 0 Å². The van der Waals surface area contributed by atoms with Crippen LogP contribution in [0.3, 0.4) is 0 Å². The van der Waals surface area contributed by atoms with E-state index in [9.17, 15) is 4.79 Å². The second kappa shape index (κ2) is 7.32. The smallest absolute Gasteiger partial charge is 0.230 e. The number of amides is 1. The van der Waals surface area contributed by atoms with Crippen LogP contribution in [0.25, 0.3) is 10.9 Å². The minimum Gasteiger partial charge on any atom is -0.376 e. The van der Waals surface area contributed by atoms with Gasteiger partial charge in [-0.3, -0.25) is 4.79 Å². The summed E-state index contributed by atoms with van der Waals surface area (Å²) in [4.78, 5) is 16.7. The van der Waals surface area contributed by atoms with Crippen LogP contribution >= 0.6 is 11.8 Å². The van der Waals surface area contributed by atoms with Gasteiger partial charge in [0.15, 0.2) is 0 Å². The van der Waals surface area contributed by atoms with Gasteiger partial charge in [-0.25, -0.2) is 4.98 Å². The van der Waals surface area contributed by atoms with E-state index < -0.39 is 0 Å². The molecule has 1 fully saturated rings. The number of fused-ring (bicyclic) bond motifs is 1. The number of nitrogens with one attached hydrogen (secondary N) is 1. The summed E-state index contributed by atoms with van der Waals surface area (Å²) in [7, 11) is 0. The maximum atomic E-state index is 12.0. The van der Waals surface area contributed by atoms with Gasteiger partial charge < -0.3 is 10.1 Å². The molecule has 1 atom stereocenters. The maximum Gasteiger partial charge on any atom is 0.230 e. The zero-order chi connectivity index (χ0) is 16.2. The number of aromatic nitrogens is 1. The Morgan fingerprint density at radius 1 is 1.39 bits per heavy atom. The van der Waals surface area contributed by atoms with Gasteiger partial charge in [0.25, 0.3) is 0 Å². The van der Waals surface area contributed by atoms with Crippen LogP contribution in [0.15, 0.2) is 29.3 Å². The fraction of sp³-hybridized carbons (Fsp3) is 0.444. The van der Waals surface area contributed by atoms with Crippen LogP contribution in [0.2, 0.25) is 0 Å². The standard InChI is InChI=1S/C18H22N2O2S/c1-12-5-6-16-14(8-12)9-13(2)18(20-16)23-11-17(21)19-10-15-4-3-7-22-15/h5-6,8-9,15H,3-4,7,10-11H2,1-2H3,(H,19,21)/t15-/m1/s1. The summed E-state index contributed by atoms with van der Waals surface area (Å²) in [5, 5.41) is 5.02. The van der Waals surface area contributed by atoms with Crippen LogP contribution in [0, 0.1) is 13.8 Å². The topological polar surface area (TPSA) is 51.2 Å². The van der Waals surface area contributed by atoms with Crippen molar-refractivity contribution in [1.82, 2.24) is 10.3 Å². The Hall–Kier alpha value is -1.59. The molecule has 0 unspecified atom stereocenters. The number of carbonyl (C=O) groups is 1. The van der Waals surface area contributed by atoms with Gasteiger partial charge in [0.1, 0.15) is 5.03 Å². The number of carbonyl (C=O) groups excluding carboxylic acids is 1.